The number of nitrogens with one attached hydrogen (secondary N) is 1. The van der Waals surface area contributed by atoms with Crippen LogP contribution in [-0.2, 0) is 0 Å². The summed E-state index contributed by atoms with van der Waals surface area (Å²) >= 11 is 3.12. The smallest absolute Gasteiger partial charge is 0.120 e. The van der Waals surface area contributed by atoms with Gasteiger partial charge in [0, 0.05) is 42.3 Å². The molecule has 0 unspecified atom stereocenters. The number of fused-ring (bicyclic) bond motifs is 2. The molecule has 4 aromatic rings. The van der Waals surface area contributed by atoms with E-state index >= 15 is 0 Å². The molecule has 4 nitrogen and oxygen atoms in total. The summed E-state index contributed by atoms with van der Waals surface area (Å²) in [6.45, 7) is 4.33. The van der Waals surface area contributed by atoms with Crippen molar-refractivity contribution in [3.05, 3.63) is 53.9 Å². The maximum absolute atomic E-state index is 4.47. The lowest BCUT2D eigenvalue weighted by Crippen LogP contribution is -2.43. The summed E-state index contributed by atoms with van der Waals surface area (Å²) in [6.07, 6.45) is 0. The summed E-state index contributed by atoms with van der Waals surface area (Å²) in [4.78, 5) is 2.43. The molecule has 0 saturated carbocycles. The molecule has 1 aliphatic rings. The van der Waals surface area contributed by atoms with Gasteiger partial charge in [0.25, 0.3) is 0 Å². The van der Waals surface area contributed by atoms with Gasteiger partial charge in [0.1, 0.15) is 5.00 Å². The Kier molecular flexibility index (Phi) is 4.69. The van der Waals surface area contributed by atoms with E-state index in [1.165, 1.54) is 27.3 Å². The molecular weight excluding hydrogens is 336 g/mol. The van der Waals surface area contributed by atoms with E-state index in [1.54, 1.807) is 11.5 Å². The number of hydrogen-bond acceptors (Lipinski definition) is 6. The third-order valence-corrected chi connectivity index (χ3v) is 5.64. The first kappa shape index (κ1) is 15.5. The van der Waals surface area contributed by atoms with Gasteiger partial charge in [-0.1, -0.05) is 30.3 Å². The molecule has 2 aromatic heterocycles. The monoisotopic (exact) mass is 354 g/mol. The Morgan fingerprint density at radius 1 is 0.875 bits per heavy atom. The lowest BCUT2D eigenvalue weighted by Gasteiger charge is -2.27. The highest BCUT2D eigenvalue weighted by molar-refractivity contribution is 7.11. The summed E-state index contributed by atoms with van der Waals surface area (Å²) in [5.74, 6) is 0. The molecule has 0 radical (unpaired) electrons. The van der Waals surface area contributed by atoms with Gasteiger partial charge in [-0.05, 0) is 41.3 Å². The maximum atomic E-state index is 4.47. The van der Waals surface area contributed by atoms with Crippen LogP contribution in [0.25, 0.3) is 21.8 Å². The summed E-state index contributed by atoms with van der Waals surface area (Å²) in [6, 6.07) is 16.5. The lowest BCUT2D eigenvalue weighted by molar-refractivity contribution is 0.593. The summed E-state index contributed by atoms with van der Waals surface area (Å²) in [7, 11) is 0. The van der Waals surface area contributed by atoms with Crippen LogP contribution in [0.3, 0.4) is 0 Å². The Hall–Kier alpha value is -2.02. The van der Waals surface area contributed by atoms with E-state index in [9.17, 15) is 0 Å². The normalized spacial score (nSPS) is 14.6. The SMILES string of the molecule is c1ccc2c(N3CCNCC3)snc2c1.c1ccc2nscc2c1. The van der Waals surface area contributed by atoms with Crippen LogP contribution in [0.1, 0.15) is 0 Å². The molecule has 122 valence electrons. The summed E-state index contributed by atoms with van der Waals surface area (Å²) < 4.78 is 8.63. The predicted octanol–water partition coefficient (Wildman–Crippen LogP) is 4.00. The highest BCUT2D eigenvalue weighted by Crippen LogP contribution is 2.30. The van der Waals surface area contributed by atoms with E-state index in [1.807, 2.05) is 24.3 Å². The molecule has 0 bridgehead atoms. The highest BCUT2D eigenvalue weighted by atomic mass is 32.1. The molecule has 1 aliphatic heterocycles. The summed E-state index contributed by atoms with van der Waals surface area (Å²) in [5.41, 5.74) is 2.22. The zero-order valence-electron chi connectivity index (χ0n) is 13.2. The van der Waals surface area contributed by atoms with Gasteiger partial charge in [0.05, 0.1) is 11.0 Å². The van der Waals surface area contributed by atoms with Crippen LogP contribution in [0.4, 0.5) is 5.00 Å². The fourth-order valence-electron chi connectivity index (χ4n) is 2.78. The van der Waals surface area contributed by atoms with Crippen LogP contribution in [0, 0.1) is 0 Å². The standard InChI is InChI=1S/C11H13N3S.C7H5NS/c1-2-4-10-9(3-1)11(15-13-10)14-7-5-12-6-8-14;1-2-4-7-6(3-1)5-9-8-7/h1-4,12H,5-8H2;1-5H. The minimum absolute atomic E-state index is 1.08. The fourth-order valence-corrected chi connectivity index (χ4v) is 4.34. The third-order valence-electron chi connectivity index (χ3n) is 4.04. The van der Waals surface area contributed by atoms with E-state index in [-0.39, 0.29) is 0 Å². The largest absolute Gasteiger partial charge is 0.359 e. The van der Waals surface area contributed by atoms with Gasteiger partial charge in [-0.15, -0.1) is 0 Å². The highest BCUT2D eigenvalue weighted by Gasteiger charge is 2.15. The van der Waals surface area contributed by atoms with Gasteiger partial charge in [-0.3, -0.25) is 0 Å². The Bertz CT molecular complexity index is 894. The van der Waals surface area contributed by atoms with Gasteiger partial charge in [-0.2, -0.15) is 8.75 Å². The zero-order chi connectivity index (χ0) is 16.2. The first-order chi connectivity index (χ1) is 11.9. The van der Waals surface area contributed by atoms with Crippen molar-refractivity contribution in [2.24, 2.45) is 0 Å². The molecular formula is C18H18N4S2. The number of hydrogen-bond donors (Lipinski definition) is 1. The molecule has 0 amide bonds. The molecule has 3 heterocycles. The van der Waals surface area contributed by atoms with Crippen molar-refractivity contribution in [2.45, 2.75) is 0 Å². The van der Waals surface area contributed by atoms with Crippen LogP contribution in [0.5, 0.6) is 0 Å². The van der Waals surface area contributed by atoms with Crippen molar-refractivity contribution < 1.29 is 0 Å². The summed E-state index contributed by atoms with van der Waals surface area (Å²) in [5, 5.41) is 9.28. The number of aromatic nitrogens is 2. The van der Waals surface area contributed by atoms with Crippen LogP contribution < -0.4 is 10.2 Å². The predicted molar refractivity (Wildman–Crippen MR) is 104 cm³/mol. The first-order valence-corrected chi connectivity index (χ1v) is 9.62. The molecule has 0 atom stereocenters. The van der Waals surface area contributed by atoms with Crippen LogP contribution in [0.15, 0.2) is 53.9 Å². The van der Waals surface area contributed by atoms with Gasteiger partial charge in [0.2, 0.25) is 0 Å². The molecule has 0 aliphatic carbocycles. The average molecular weight is 355 g/mol. The second-order valence-electron chi connectivity index (χ2n) is 5.62. The number of anilines is 1. The minimum atomic E-state index is 1.08. The number of piperazine rings is 1. The van der Waals surface area contributed by atoms with E-state index in [2.05, 4.69) is 48.6 Å². The molecule has 6 heteroatoms. The van der Waals surface area contributed by atoms with Crippen molar-refractivity contribution in [1.82, 2.24) is 14.1 Å². The Morgan fingerprint density at radius 2 is 1.62 bits per heavy atom. The molecule has 1 N–H and O–H groups in total. The molecule has 0 spiro atoms. The van der Waals surface area contributed by atoms with Crippen molar-refractivity contribution >= 4 is 49.9 Å². The van der Waals surface area contributed by atoms with Crippen LogP contribution in [-0.4, -0.2) is 34.9 Å². The number of nitrogens with zero attached hydrogens (tertiary/aromatic N) is 3. The Labute approximate surface area is 149 Å². The Morgan fingerprint density at radius 3 is 2.46 bits per heavy atom. The molecule has 24 heavy (non-hydrogen) atoms. The topological polar surface area (TPSA) is 41.0 Å². The van der Waals surface area contributed by atoms with E-state index in [4.69, 9.17) is 0 Å². The van der Waals surface area contributed by atoms with Crippen molar-refractivity contribution in [3.8, 4) is 0 Å². The molecule has 1 saturated heterocycles. The van der Waals surface area contributed by atoms with Crippen LogP contribution >= 0.6 is 23.1 Å². The molecule has 2 aromatic carbocycles. The average Bonchev–Trinajstić information content (AvgIpc) is 3.30. The van der Waals surface area contributed by atoms with Gasteiger partial charge in [-0.25, -0.2) is 0 Å². The lowest BCUT2D eigenvalue weighted by atomic mass is 10.2. The second-order valence-corrected chi connectivity index (χ2v) is 7.00. The maximum Gasteiger partial charge on any atom is 0.120 e. The van der Waals surface area contributed by atoms with Crippen LogP contribution in [0.2, 0.25) is 0 Å². The van der Waals surface area contributed by atoms with Gasteiger partial charge >= 0.3 is 0 Å². The molecule has 5 rings (SSSR count). The minimum Gasteiger partial charge on any atom is -0.359 e. The van der Waals surface area contributed by atoms with Crippen molar-refractivity contribution in [3.63, 3.8) is 0 Å². The van der Waals surface area contributed by atoms with Gasteiger partial charge in [0.15, 0.2) is 0 Å². The molecule has 1 fully saturated rings. The third kappa shape index (κ3) is 3.26. The zero-order valence-corrected chi connectivity index (χ0v) is 14.8. The van der Waals surface area contributed by atoms with Crippen molar-refractivity contribution in [1.29, 1.82) is 0 Å². The van der Waals surface area contributed by atoms with Crippen molar-refractivity contribution in [2.75, 3.05) is 31.1 Å². The number of benzene rings is 2. The van der Waals surface area contributed by atoms with E-state index in [0.717, 1.165) is 37.2 Å². The second kappa shape index (κ2) is 7.25. The van der Waals surface area contributed by atoms with E-state index in [0.29, 0.717) is 0 Å². The number of rotatable bonds is 1. The quantitative estimate of drug-likeness (QED) is 0.561. The first-order valence-electron chi connectivity index (χ1n) is 8.01. The fraction of sp³-hybridized carbons (Fsp3) is 0.222. The van der Waals surface area contributed by atoms with Gasteiger partial charge < -0.3 is 10.2 Å². The Balaban J connectivity index is 0.000000138. The van der Waals surface area contributed by atoms with E-state index < -0.39 is 0 Å².